The monoisotopic (exact) mass is 570 g/mol. The third kappa shape index (κ3) is 8.78. The predicted molar refractivity (Wildman–Crippen MR) is 143 cm³/mol. The van der Waals surface area contributed by atoms with Gasteiger partial charge in [0.15, 0.2) is 8.32 Å². The predicted octanol–water partition coefficient (Wildman–Crippen LogP) is 7.01. The third-order valence-electron chi connectivity index (χ3n) is 6.15. The maximum Gasteiger partial charge on any atom is 0.192 e. The number of hydrogen-bond donors (Lipinski definition) is 0. The van der Waals surface area contributed by atoms with Crippen molar-refractivity contribution in [3.63, 3.8) is 0 Å². The number of alkyl halides is 1. The minimum atomic E-state index is -1.89. The second-order valence-corrected chi connectivity index (χ2v) is 15.5. The lowest BCUT2D eigenvalue weighted by molar-refractivity contribution is -0.102. The van der Waals surface area contributed by atoms with E-state index in [4.69, 9.17) is 18.6 Å². The van der Waals surface area contributed by atoms with E-state index in [1.165, 1.54) is 0 Å². The highest BCUT2D eigenvalue weighted by molar-refractivity contribution is 14.1. The van der Waals surface area contributed by atoms with E-state index in [1.807, 2.05) is 42.5 Å². The maximum absolute atomic E-state index is 6.57. The zero-order valence-corrected chi connectivity index (χ0v) is 23.6. The van der Waals surface area contributed by atoms with Crippen molar-refractivity contribution in [3.05, 3.63) is 65.7 Å². The molecule has 32 heavy (non-hydrogen) atoms. The summed E-state index contributed by atoms with van der Waals surface area (Å²) < 4.78 is 25.7. The van der Waals surface area contributed by atoms with Gasteiger partial charge in [-0.05, 0) is 47.8 Å². The van der Waals surface area contributed by atoms with Gasteiger partial charge in [-0.15, -0.1) is 0 Å². The van der Waals surface area contributed by atoms with E-state index in [0.717, 1.165) is 27.7 Å². The second-order valence-electron chi connectivity index (χ2n) is 9.58. The van der Waals surface area contributed by atoms with E-state index in [1.54, 1.807) is 7.11 Å². The quantitative estimate of drug-likeness (QED) is 0.148. The van der Waals surface area contributed by atoms with Crippen LogP contribution in [0.3, 0.4) is 0 Å². The molecule has 6 heteroatoms. The summed E-state index contributed by atoms with van der Waals surface area (Å²) in [7, 11) is -0.214. The molecule has 2 aromatic rings. The molecule has 2 rings (SSSR count). The van der Waals surface area contributed by atoms with Crippen molar-refractivity contribution in [1.29, 1.82) is 0 Å². The summed E-state index contributed by atoms with van der Waals surface area (Å²) in [6.07, 6.45) is 0.747. The van der Waals surface area contributed by atoms with Crippen LogP contribution in [0.5, 0.6) is 5.75 Å². The molecular weight excluding hydrogens is 531 g/mol. The van der Waals surface area contributed by atoms with Crippen LogP contribution in [0.2, 0.25) is 18.1 Å². The van der Waals surface area contributed by atoms with Crippen molar-refractivity contribution in [2.75, 3.05) is 18.1 Å². The number of benzene rings is 2. The minimum Gasteiger partial charge on any atom is -0.497 e. The lowest BCUT2D eigenvalue weighted by Crippen LogP contribution is -2.45. The van der Waals surface area contributed by atoms with E-state index >= 15 is 0 Å². The summed E-state index contributed by atoms with van der Waals surface area (Å²) in [6, 6.07) is 18.3. The molecule has 178 valence electrons. The summed E-state index contributed by atoms with van der Waals surface area (Å²) in [5.74, 6) is 0.851. The SMILES string of the molecule is COc1ccc(CO[C@H](CCI)[C@@H](CO[Si](C)(C)C(C)(C)C)OCc2ccccc2)cc1. The fourth-order valence-corrected chi connectivity index (χ4v) is 4.58. The largest absolute Gasteiger partial charge is 0.497 e. The molecule has 0 amide bonds. The molecule has 4 nitrogen and oxygen atoms in total. The van der Waals surface area contributed by atoms with Crippen LogP contribution in [0.4, 0.5) is 0 Å². The number of methoxy groups -OCH3 is 1. The van der Waals surface area contributed by atoms with Crippen LogP contribution in [0.25, 0.3) is 0 Å². The number of rotatable bonds is 13. The molecule has 0 aliphatic heterocycles. The van der Waals surface area contributed by atoms with E-state index < -0.39 is 8.32 Å². The van der Waals surface area contributed by atoms with Crippen molar-refractivity contribution in [3.8, 4) is 5.75 Å². The lowest BCUT2D eigenvalue weighted by Gasteiger charge is -2.38. The van der Waals surface area contributed by atoms with Crippen LogP contribution in [-0.4, -0.2) is 38.7 Å². The van der Waals surface area contributed by atoms with E-state index in [2.05, 4.69) is 68.6 Å². The van der Waals surface area contributed by atoms with E-state index in [-0.39, 0.29) is 17.2 Å². The first-order chi connectivity index (χ1) is 15.2. The Balaban J connectivity index is 2.11. The second kappa shape index (κ2) is 13.1. The first kappa shape index (κ1) is 27.3. The van der Waals surface area contributed by atoms with Crippen LogP contribution in [-0.2, 0) is 27.1 Å². The van der Waals surface area contributed by atoms with Gasteiger partial charge in [0.05, 0.1) is 33.0 Å². The van der Waals surface area contributed by atoms with Crippen LogP contribution < -0.4 is 4.74 Å². The Hall–Kier alpha value is -0.933. The molecule has 0 spiro atoms. The van der Waals surface area contributed by atoms with E-state index in [0.29, 0.717) is 19.8 Å². The van der Waals surface area contributed by atoms with Gasteiger partial charge in [0, 0.05) is 4.43 Å². The summed E-state index contributed by atoms with van der Waals surface area (Å²) in [4.78, 5) is 0. The van der Waals surface area contributed by atoms with Crippen LogP contribution in [0.1, 0.15) is 38.3 Å². The fraction of sp³-hybridized carbons (Fsp3) is 0.538. The Morgan fingerprint density at radius 3 is 1.94 bits per heavy atom. The molecule has 0 radical (unpaired) electrons. The molecule has 0 unspecified atom stereocenters. The Morgan fingerprint density at radius 2 is 1.41 bits per heavy atom. The molecule has 0 bridgehead atoms. The van der Waals surface area contributed by atoms with Gasteiger partial charge in [0.25, 0.3) is 0 Å². The van der Waals surface area contributed by atoms with Crippen molar-refractivity contribution >= 4 is 30.9 Å². The van der Waals surface area contributed by atoms with Gasteiger partial charge in [0.1, 0.15) is 11.9 Å². The zero-order valence-electron chi connectivity index (χ0n) is 20.4. The van der Waals surface area contributed by atoms with Gasteiger partial charge in [0.2, 0.25) is 0 Å². The van der Waals surface area contributed by atoms with Gasteiger partial charge in [-0.1, -0.05) is 85.8 Å². The van der Waals surface area contributed by atoms with Crippen LogP contribution in [0, 0.1) is 0 Å². The van der Waals surface area contributed by atoms with Gasteiger partial charge in [-0.25, -0.2) is 0 Å². The van der Waals surface area contributed by atoms with Crippen molar-refractivity contribution in [2.45, 2.75) is 70.7 Å². The lowest BCUT2D eigenvalue weighted by atomic mass is 10.1. The number of hydrogen-bond acceptors (Lipinski definition) is 4. The first-order valence-corrected chi connectivity index (χ1v) is 15.7. The maximum atomic E-state index is 6.57. The van der Waals surface area contributed by atoms with E-state index in [9.17, 15) is 0 Å². The highest BCUT2D eigenvalue weighted by Crippen LogP contribution is 2.37. The van der Waals surface area contributed by atoms with Gasteiger partial charge < -0.3 is 18.6 Å². The summed E-state index contributed by atoms with van der Waals surface area (Å²) in [5.41, 5.74) is 2.28. The standard InChI is InChI=1S/C26H39IO4Si/c1-26(2,3)32(5,6)31-20-25(30-18-21-10-8-7-9-11-21)24(16-17-27)29-19-22-12-14-23(28-4)15-13-22/h7-15,24-25H,16-20H2,1-6H3/t24-,25-/m1/s1. The smallest absolute Gasteiger partial charge is 0.192 e. The Kier molecular flexibility index (Phi) is 11.2. The van der Waals surface area contributed by atoms with Gasteiger partial charge >= 0.3 is 0 Å². The van der Waals surface area contributed by atoms with Crippen LogP contribution >= 0.6 is 22.6 Å². The molecule has 0 fully saturated rings. The van der Waals surface area contributed by atoms with Gasteiger partial charge in [-0.2, -0.15) is 0 Å². The first-order valence-electron chi connectivity index (χ1n) is 11.3. The molecule has 0 heterocycles. The molecule has 0 aliphatic carbocycles. The number of halogens is 1. The molecule has 0 N–H and O–H groups in total. The van der Waals surface area contributed by atoms with Crippen molar-refractivity contribution < 1.29 is 18.6 Å². The minimum absolute atomic E-state index is 0.0394. The topological polar surface area (TPSA) is 36.9 Å². The molecule has 0 aromatic heterocycles. The van der Waals surface area contributed by atoms with Crippen molar-refractivity contribution in [2.24, 2.45) is 0 Å². The zero-order chi connectivity index (χ0) is 23.6. The Labute approximate surface area is 209 Å². The average molecular weight is 571 g/mol. The molecule has 2 atom stereocenters. The normalized spacial score (nSPS) is 14.2. The van der Waals surface area contributed by atoms with Gasteiger partial charge in [-0.3, -0.25) is 0 Å². The molecule has 0 aliphatic rings. The Morgan fingerprint density at radius 1 is 0.844 bits per heavy atom. The van der Waals surface area contributed by atoms with Crippen LogP contribution in [0.15, 0.2) is 54.6 Å². The molecule has 2 aromatic carbocycles. The highest BCUT2D eigenvalue weighted by Gasteiger charge is 2.38. The Bertz CT molecular complexity index is 775. The molecule has 0 saturated heterocycles. The summed E-state index contributed by atoms with van der Waals surface area (Å²) in [6.45, 7) is 13.0. The third-order valence-corrected chi connectivity index (χ3v) is 11.3. The average Bonchev–Trinajstić information content (AvgIpc) is 2.77. The summed E-state index contributed by atoms with van der Waals surface area (Å²) >= 11 is 2.41. The summed E-state index contributed by atoms with van der Waals surface area (Å²) in [5, 5.41) is 0.152. The number of ether oxygens (including phenoxy) is 3. The molecular formula is C26H39IO4Si. The van der Waals surface area contributed by atoms with Crippen molar-refractivity contribution in [1.82, 2.24) is 0 Å². The highest BCUT2D eigenvalue weighted by atomic mass is 127. The molecule has 0 saturated carbocycles. The fourth-order valence-electron chi connectivity index (χ4n) is 2.96.